The predicted molar refractivity (Wildman–Crippen MR) is 102 cm³/mol. The van der Waals surface area contributed by atoms with Gasteiger partial charge in [-0.25, -0.2) is 14.5 Å². The number of carboxylic acid groups (broad SMARTS) is 1. The van der Waals surface area contributed by atoms with Gasteiger partial charge in [-0.05, 0) is 12.1 Å². The average molecular weight is 402 g/mol. The highest BCUT2D eigenvalue weighted by molar-refractivity contribution is 6.36. The molecular formula is C18H13Cl2N5O2. The second kappa shape index (κ2) is 6.68. The van der Waals surface area contributed by atoms with Crippen molar-refractivity contribution >= 4 is 40.1 Å². The van der Waals surface area contributed by atoms with E-state index in [9.17, 15) is 4.79 Å². The Labute approximate surface area is 163 Å². The topological polar surface area (TPSA) is 85.8 Å². The van der Waals surface area contributed by atoms with Crippen LogP contribution in [0.1, 0.15) is 16.3 Å². The van der Waals surface area contributed by atoms with Gasteiger partial charge in [-0.3, -0.25) is 4.68 Å². The van der Waals surface area contributed by atoms with E-state index < -0.39 is 5.97 Å². The number of benzene rings is 2. The number of hydrogen-bond donors (Lipinski definition) is 1. The standard InChI is InChI=1S/C18H13Cl2N5O2/c1-24-15(8-25-9-21-17(23-25)18(26)27)13-4-2-3-12(16(13)22-24)11-6-5-10(19)7-14(11)20/h2-7,9H,8H2,1H3,(H,26,27). The number of aryl methyl sites for hydroxylation is 1. The first kappa shape index (κ1) is 17.5. The highest BCUT2D eigenvalue weighted by Gasteiger charge is 2.17. The fourth-order valence-electron chi connectivity index (χ4n) is 3.00. The Morgan fingerprint density at radius 3 is 2.67 bits per heavy atom. The molecule has 2 aromatic heterocycles. The zero-order valence-electron chi connectivity index (χ0n) is 14.1. The molecule has 4 aromatic rings. The van der Waals surface area contributed by atoms with Crippen LogP contribution in [0.25, 0.3) is 22.0 Å². The van der Waals surface area contributed by atoms with Crippen LogP contribution in [0, 0.1) is 0 Å². The number of carbonyl (C=O) groups is 1. The molecule has 0 radical (unpaired) electrons. The third-order valence-corrected chi connectivity index (χ3v) is 4.80. The van der Waals surface area contributed by atoms with Crippen molar-refractivity contribution in [3.8, 4) is 11.1 Å². The van der Waals surface area contributed by atoms with Crippen molar-refractivity contribution in [2.45, 2.75) is 6.54 Å². The molecule has 4 rings (SSSR count). The molecule has 0 saturated heterocycles. The van der Waals surface area contributed by atoms with Crippen LogP contribution >= 0.6 is 23.2 Å². The van der Waals surface area contributed by atoms with Crippen LogP contribution < -0.4 is 0 Å². The first-order valence-electron chi connectivity index (χ1n) is 7.97. The molecule has 2 heterocycles. The van der Waals surface area contributed by atoms with Crippen molar-refractivity contribution in [2.75, 3.05) is 0 Å². The molecule has 136 valence electrons. The molecule has 0 aliphatic heterocycles. The summed E-state index contributed by atoms with van der Waals surface area (Å²) in [6.07, 6.45) is 1.39. The van der Waals surface area contributed by atoms with Gasteiger partial charge in [0.05, 0.1) is 12.2 Å². The fourth-order valence-corrected chi connectivity index (χ4v) is 3.51. The van der Waals surface area contributed by atoms with Crippen molar-refractivity contribution in [3.05, 3.63) is 64.3 Å². The maximum Gasteiger partial charge on any atom is 0.375 e. The molecule has 0 aliphatic rings. The van der Waals surface area contributed by atoms with Gasteiger partial charge in [-0.2, -0.15) is 5.10 Å². The van der Waals surface area contributed by atoms with Crippen molar-refractivity contribution in [2.24, 2.45) is 7.05 Å². The lowest BCUT2D eigenvalue weighted by molar-refractivity contribution is 0.0683. The summed E-state index contributed by atoms with van der Waals surface area (Å²) in [6, 6.07) is 11.2. The van der Waals surface area contributed by atoms with Gasteiger partial charge >= 0.3 is 5.97 Å². The van der Waals surface area contributed by atoms with E-state index in [4.69, 9.17) is 28.3 Å². The average Bonchev–Trinajstić information content (AvgIpc) is 3.21. The lowest BCUT2D eigenvalue weighted by atomic mass is 10.0. The number of nitrogens with zero attached hydrogens (tertiary/aromatic N) is 5. The summed E-state index contributed by atoms with van der Waals surface area (Å²) in [5, 5.41) is 19.6. The van der Waals surface area contributed by atoms with Gasteiger partial charge in [0.25, 0.3) is 5.82 Å². The molecule has 1 N–H and O–H groups in total. The number of aromatic nitrogens is 5. The van der Waals surface area contributed by atoms with E-state index in [0.29, 0.717) is 16.6 Å². The normalized spacial score (nSPS) is 11.2. The number of rotatable bonds is 4. The molecule has 0 atom stereocenters. The Morgan fingerprint density at radius 2 is 1.96 bits per heavy atom. The third kappa shape index (κ3) is 3.15. The summed E-state index contributed by atoms with van der Waals surface area (Å²) < 4.78 is 3.22. The molecule has 27 heavy (non-hydrogen) atoms. The molecule has 9 heteroatoms. The monoisotopic (exact) mass is 401 g/mol. The molecule has 0 fully saturated rings. The molecule has 0 amide bonds. The first-order chi connectivity index (χ1) is 12.9. The van der Waals surface area contributed by atoms with Gasteiger partial charge in [-0.1, -0.05) is 47.5 Å². The summed E-state index contributed by atoms with van der Waals surface area (Å²) in [7, 11) is 1.83. The molecule has 0 bridgehead atoms. The minimum atomic E-state index is -1.16. The third-order valence-electron chi connectivity index (χ3n) is 4.25. The van der Waals surface area contributed by atoms with E-state index in [1.807, 2.05) is 31.3 Å². The van der Waals surface area contributed by atoms with Crippen LogP contribution in [-0.4, -0.2) is 35.6 Å². The fraction of sp³-hybridized carbons (Fsp3) is 0.111. The Morgan fingerprint density at radius 1 is 1.15 bits per heavy atom. The highest BCUT2D eigenvalue weighted by atomic mass is 35.5. The maximum absolute atomic E-state index is 11.0. The largest absolute Gasteiger partial charge is 0.475 e. The molecule has 0 aliphatic carbocycles. The van der Waals surface area contributed by atoms with Crippen molar-refractivity contribution in [1.82, 2.24) is 24.5 Å². The summed E-state index contributed by atoms with van der Waals surface area (Å²) >= 11 is 12.4. The van der Waals surface area contributed by atoms with E-state index in [0.717, 1.165) is 27.7 Å². The second-order valence-corrected chi connectivity index (χ2v) is 6.81. The predicted octanol–water partition coefficient (Wildman–Crippen LogP) is 3.89. The van der Waals surface area contributed by atoms with Crippen LogP contribution in [0.5, 0.6) is 0 Å². The van der Waals surface area contributed by atoms with Crippen LogP contribution in [0.2, 0.25) is 10.0 Å². The Kier molecular flexibility index (Phi) is 4.33. The SMILES string of the molecule is Cn1nc2c(-c3ccc(Cl)cc3Cl)cccc2c1Cn1cnc(C(=O)O)n1. The smallest absolute Gasteiger partial charge is 0.375 e. The Bertz CT molecular complexity index is 1180. The van der Waals surface area contributed by atoms with Crippen molar-refractivity contribution in [3.63, 3.8) is 0 Å². The number of hydrogen-bond acceptors (Lipinski definition) is 4. The van der Waals surface area contributed by atoms with Crippen LogP contribution in [-0.2, 0) is 13.6 Å². The number of halogens is 2. The number of carboxylic acids is 1. The molecular weight excluding hydrogens is 389 g/mol. The van der Waals surface area contributed by atoms with E-state index in [-0.39, 0.29) is 5.82 Å². The zero-order chi connectivity index (χ0) is 19.1. The first-order valence-corrected chi connectivity index (χ1v) is 8.72. The van der Waals surface area contributed by atoms with E-state index in [1.165, 1.54) is 11.0 Å². The van der Waals surface area contributed by atoms with Gasteiger partial charge in [-0.15, -0.1) is 5.10 Å². The summed E-state index contributed by atoms with van der Waals surface area (Å²) in [5.74, 6) is -1.40. The van der Waals surface area contributed by atoms with Gasteiger partial charge in [0.2, 0.25) is 0 Å². The second-order valence-electron chi connectivity index (χ2n) is 5.97. The van der Waals surface area contributed by atoms with E-state index in [1.54, 1.807) is 16.8 Å². The number of aromatic carboxylic acids is 1. The molecule has 0 saturated carbocycles. The molecule has 0 spiro atoms. The summed E-state index contributed by atoms with van der Waals surface area (Å²) in [5.41, 5.74) is 3.39. The van der Waals surface area contributed by atoms with Crippen LogP contribution in [0.15, 0.2) is 42.7 Å². The highest BCUT2D eigenvalue weighted by Crippen LogP contribution is 2.35. The Balaban J connectivity index is 1.81. The maximum atomic E-state index is 11.0. The Hall–Kier alpha value is -2.90. The van der Waals surface area contributed by atoms with E-state index in [2.05, 4.69) is 15.2 Å². The number of fused-ring (bicyclic) bond motifs is 1. The molecule has 7 nitrogen and oxygen atoms in total. The van der Waals surface area contributed by atoms with Crippen LogP contribution in [0.3, 0.4) is 0 Å². The van der Waals surface area contributed by atoms with Gasteiger partial charge < -0.3 is 5.11 Å². The minimum Gasteiger partial charge on any atom is -0.475 e. The van der Waals surface area contributed by atoms with Crippen LogP contribution in [0.4, 0.5) is 0 Å². The van der Waals surface area contributed by atoms with Gasteiger partial charge in [0.1, 0.15) is 11.8 Å². The van der Waals surface area contributed by atoms with Gasteiger partial charge in [0.15, 0.2) is 0 Å². The van der Waals surface area contributed by atoms with Crippen molar-refractivity contribution < 1.29 is 9.90 Å². The quantitative estimate of drug-likeness (QED) is 0.560. The summed E-state index contributed by atoms with van der Waals surface area (Å²) in [6.45, 7) is 0.338. The lowest BCUT2D eigenvalue weighted by Gasteiger charge is -2.06. The lowest BCUT2D eigenvalue weighted by Crippen LogP contribution is -2.08. The van der Waals surface area contributed by atoms with E-state index >= 15 is 0 Å². The zero-order valence-corrected chi connectivity index (χ0v) is 15.6. The molecule has 2 aromatic carbocycles. The summed E-state index contributed by atoms with van der Waals surface area (Å²) in [4.78, 5) is 14.8. The minimum absolute atomic E-state index is 0.241. The van der Waals surface area contributed by atoms with Crippen molar-refractivity contribution in [1.29, 1.82) is 0 Å². The van der Waals surface area contributed by atoms with Gasteiger partial charge in [0, 0.05) is 33.6 Å². The molecule has 0 unspecified atom stereocenters.